The molecule has 0 bridgehead atoms. The Kier molecular flexibility index (Phi) is 0.465. The second-order valence-electron chi connectivity index (χ2n) is 3.55. The maximum Gasteiger partial charge on any atom is 0.0355 e. The highest BCUT2D eigenvalue weighted by molar-refractivity contribution is 5.35. The van der Waals surface area contributed by atoms with Crippen LogP contribution in [0.1, 0.15) is 26.7 Å². The molecule has 0 radical (unpaired) electrons. The molecule has 0 aromatic heterocycles. The lowest BCUT2D eigenvalue weighted by molar-refractivity contribution is 0.499. The van der Waals surface area contributed by atoms with E-state index >= 15 is 0 Å². The predicted molar refractivity (Wildman–Crippen MR) is 33.2 cm³/mol. The molecule has 2 rings (SSSR count). The van der Waals surface area contributed by atoms with Crippen molar-refractivity contribution in [2.24, 2.45) is 10.8 Å². The monoisotopic (exact) mass is 106 g/mol. The summed E-state index contributed by atoms with van der Waals surface area (Å²) in [4.78, 5) is 0. The van der Waals surface area contributed by atoms with Crippen LogP contribution < -0.4 is 0 Å². The van der Waals surface area contributed by atoms with E-state index in [1.807, 2.05) is 0 Å². The van der Waals surface area contributed by atoms with E-state index in [0.717, 1.165) is 6.42 Å². The van der Waals surface area contributed by atoms with Crippen LogP contribution in [0.15, 0.2) is 0 Å². The van der Waals surface area contributed by atoms with E-state index in [9.17, 15) is 0 Å². The summed E-state index contributed by atoms with van der Waals surface area (Å²) in [6.45, 7) is 4.59. The third kappa shape index (κ3) is 0.274. The van der Waals surface area contributed by atoms with Gasteiger partial charge in [-0.05, 0) is 18.8 Å². The largest absolute Gasteiger partial charge is 0.102 e. The molecule has 1 fully saturated rings. The van der Waals surface area contributed by atoms with E-state index in [1.54, 1.807) is 0 Å². The summed E-state index contributed by atoms with van der Waals surface area (Å²) < 4.78 is 0. The SMILES string of the molecule is C[C@]12CC#C[C@@]1(C)C2. The Bertz CT molecular complexity index is 194. The highest BCUT2D eigenvalue weighted by Crippen LogP contribution is 2.67. The molecule has 0 heteroatoms. The van der Waals surface area contributed by atoms with Gasteiger partial charge >= 0.3 is 0 Å². The van der Waals surface area contributed by atoms with Crippen molar-refractivity contribution in [2.45, 2.75) is 26.7 Å². The molecule has 1 saturated carbocycles. The zero-order chi connectivity index (χ0) is 5.83. The van der Waals surface area contributed by atoms with Gasteiger partial charge in [0, 0.05) is 11.8 Å². The van der Waals surface area contributed by atoms with Gasteiger partial charge in [-0.1, -0.05) is 12.8 Å². The first-order chi connectivity index (χ1) is 3.66. The van der Waals surface area contributed by atoms with E-state index in [0.29, 0.717) is 10.8 Å². The van der Waals surface area contributed by atoms with E-state index in [2.05, 4.69) is 25.7 Å². The summed E-state index contributed by atoms with van der Waals surface area (Å²) >= 11 is 0. The maximum absolute atomic E-state index is 3.26. The lowest BCUT2D eigenvalue weighted by atomic mass is 10.00. The first kappa shape index (κ1) is 4.44. The molecule has 0 nitrogen and oxygen atoms in total. The van der Waals surface area contributed by atoms with Crippen LogP contribution in [0.25, 0.3) is 0 Å². The van der Waals surface area contributed by atoms with Crippen molar-refractivity contribution in [1.29, 1.82) is 0 Å². The van der Waals surface area contributed by atoms with Crippen LogP contribution in [0.3, 0.4) is 0 Å². The molecule has 0 heterocycles. The van der Waals surface area contributed by atoms with Crippen LogP contribution >= 0.6 is 0 Å². The Hall–Kier alpha value is -0.440. The lowest BCUT2D eigenvalue weighted by Gasteiger charge is -2.02. The van der Waals surface area contributed by atoms with Crippen molar-refractivity contribution in [3.63, 3.8) is 0 Å². The molecule has 0 amide bonds. The number of hydrogen-bond donors (Lipinski definition) is 0. The molecule has 0 spiro atoms. The Labute approximate surface area is 50.3 Å². The average Bonchev–Trinajstić information content (AvgIpc) is 2.00. The summed E-state index contributed by atoms with van der Waals surface area (Å²) in [7, 11) is 0. The Morgan fingerprint density at radius 3 is 2.25 bits per heavy atom. The first-order valence-electron chi connectivity index (χ1n) is 3.16. The van der Waals surface area contributed by atoms with Crippen molar-refractivity contribution < 1.29 is 0 Å². The fourth-order valence-electron chi connectivity index (χ4n) is 1.62. The van der Waals surface area contributed by atoms with E-state index in [-0.39, 0.29) is 0 Å². The third-order valence-corrected chi connectivity index (χ3v) is 2.79. The molecular weight excluding hydrogens is 96.1 g/mol. The van der Waals surface area contributed by atoms with Gasteiger partial charge < -0.3 is 0 Å². The van der Waals surface area contributed by atoms with Crippen molar-refractivity contribution in [2.75, 3.05) is 0 Å². The molecule has 8 heavy (non-hydrogen) atoms. The minimum absolute atomic E-state index is 0.438. The van der Waals surface area contributed by atoms with Gasteiger partial charge in [0.05, 0.1) is 0 Å². The Balaban J connectivity index is 2.40. The topological polar surface area (TPSA) is 0 Å². The summed E-state index contributed by atoms with van der Waals surface area (Å²) in [5.41, 5.74) is 1.01. The minimum Gasteiger partial charge on any atom is -0.102 e. The minimum atomic E-state index is 0.438. The smallest absolute Gasteiger partial charge is 0.0355 e. The summed E-state index contributed by atoms with van der Waals surface area (Å²) in [6, 6.07) is 0. The van der Waals surface area contributed by atoms with Gasteiger partial charge in [0.25, 0.3) is 0 Å². The summed E-state index contributed by atoms with van der Waals surface area (Å²) in [5.74, 6) is 6.41. The number of hydrogen-bond acceptors (Lipinski definition) is 0. The fraction of sp³-hybridized carbons (Fsp3) is 0.750. The average molecular weight is 106 g/mol. The zero-order valence-corrected chi connectivity index (χ0v) is 5.41. The van der Waals surface area contributed by atoms with Crippen molar-refractivity contribution in [1.82, 2.24) is 0 Å². The fourth-order valence-corrected chi connectivity index (χ4v) is 1.62. The van der Waals surface area contributed by atoms with Gasteiger partial charge in [-0.25, -0.2) is 0 Å². The standard InChI is InChI=1S/C8H10/c1-7-4-3-5-8(7,2)6-7/h4,6H2,1-2H3/t7-,8+/m1/s1. The van der Waals surface area contributed by atoms with Gasteiger partial charge in [-0.3, -0.25) is 0 Å². The molecule has 0 saturated heterocycles. The molecule has 2 aliphatic rings. The van der Waals surface area contributed by atoms with Crippen molar-refractivity contribution in [3.8, 4) is 11.8 Å². The Morgan fingerprint density at radius 1 is 1.38 bits per heavy atom. The van der Waals surface area contributed by atoms with Crippen molar-refractivity contribution >= 4 is 0 Å². The van der Waals surface area contributed by atoms with Crippen LogP contribution in [0.2, 0.25) is 0 Å². The van der Waals surface area contributed by atoms with Gasteiger partial charge in [0.15, 0.2) is 0 Å². The number of rotatable bonds is 0. The van der Waals surface area contributed by atoms with Gasteiger partial charge in [-0.2, -0.15) is 0 Å². The quantitative estimate of drug-likeness (QED) is 0.413. The molecular formula is C8H10. The van der Waals surface area contributed by atoms with E-state index < -0.39 is 0 Å². The van der Waals surface area contributed by atoms with E-state index in [4.69, 9.17) is 0 Å². The molecule has 0 N–H and O–H groups in total. The molecule has 0 aliphatic heterocycles. The van der Waals surface area contributed by atoms with Crippen molar-refractivity contribution in [3.05, 3.63) is 0 Å². The van der Waals surface area contributed by atoms with Gasteiger partial charge in [0.1, 0.15) is 0 Å². The molecule has 42 valence electrons. The van der Waals surface area contributed by atoms with Crippen LogP contribution in [0.5, 0.6) is 0 Å². The van der Waals surface area contributed by atoms with Crippen LogP contribution in [-0.2, 0) is 0 Å². The lowest BCUT2D eigenvalue weighted by Crippen LogP contribution is -1.97. The number of fused-ring (bicyclic) bond motifs is 1. The molecule has 0 aromatic carbocycles. The highest BCUT2D eigenvalue weighted by atomic mass is 14.6. The normalized spacial score (nSPS) is 56.8. The van der Waals surface area contributed by atoms with Crippen LogP contribution in [0.4, 0.5) is 0 Å². The molecule has 2 atom stereocenters. The van der Waals surface area contributed by atoms with Gasteiger partial charge in [0.2, 0.25) is 0 Å². The zero-order valence-electron chi connectivity index (χ0n) is 5.41. The highest BCUT2D eigenvalue weighted by Gasteiger charge is 2.61. The van der Waals surface area contributed by atoms with Crippen LogP contribution in [0, 0.1) is 22.7 Å². The second-order valence-corrected chi connectivity index (χ2v) is 3.55. The molecule has 2 aliphatic carbocycles. The summed E-state index contributed by atoms with van der Waals surface area (Å²) in [5, 5.41) is 0. The summed E-state index contributed by atoms with van der Waals surface area (Å²) in [6.07, 6.45) is 2.48. The first-order valence-corrected chi connectivity index (χ1v) is 3.16. The van der Waals surface area contributed by atoms with E-state index in [1.165, 1.54) is 6.42 Å². The molecule has 0 unspecified atom stereocenters. The van der Waals surface area contributed by atoms with Gasteiger partial charge in [-0.15, -0.1) is 5.92 Å². The predicted octanol–water partition coefficient (Wildman–Crippen LogP) is 1.81. The Morgan fingerprint density at radius 2 is 2.12 bits per heavy atom. The maximum atomic E-state index is 3.26. The van der Waals surface area contributed by atoms with Crippen LogP contribution in [-0.4, -0.2) is 0 Å². The third-order valence-electron chi connectivity index (χ3n) is 2.79. The second kappa shape index (κ2) is 0.838. The molecule has 0 aromatic rings.